The number of nitriles is 1. The van der Waals surface area contributed by atoms with Gasteiger partial charge in [-0.2, -0.15) is 5.26 Å². The molecule has 4 rings (SSSR count). The van der Waals surface area contributed by atoms with Gasteiger partial charge >= 0.3 is 0 Å². The molecule has 30 heavy (non-hydrogen) atoms. The minimum absolute atomic E-state index is 0.337. The van der Waals surface area contributed by atoms with E-state index in [0.717, 1.165) is 16.5 Å². The molecule has 0 amide bonds. The standard InChI is InChI=1S/C22H19N5O3/c1-28-18-8-14(9-19(29-2)21(18)30-3)26-22-25-11-13(10-23)20(27-22)16-12-24-17-7-5-4-6-15(16)17/h4-9,11-12,24H,1-3H3,(H,25,26,27). The second kappa shape index (κ2) is 8.01. The number of hydrogen-bond acceptors (Lipinski definition) is 7. The van der Waals surface area contributed by atoms with Crippen LogP contribution in [0.2, 0.25) is 0 Å². The molecule has 0 atom stereocenters. The molecular weight excluding hydrogens is 382 g/mol. The number of aromatic nitrogens is 3. The smallest absolute Gasteiger partial charge is 0.227 e. The Labute approximate surface area is 173 Å². The van der Waals surface area contributed by atoms with Crippen molar-refractivity contribution in [2.45, 2.75) is 0 Å². The molecule has 0 saturated heterocycles. The summed E-state index contributed by atoms with van der Waals surface area (Å²) in [5.41, 5.74) is 3.38. The molecular formula is C22H19N5O3. The van der Waals surface area contributed by atoms with Crippen LogP contribution in [0, 0.1) is 11.3 Å². The monoisotopic (exact) mass is 401 g/mol. The number of anilines is 2. The summed E-state index contributed by atoms with van der Waals surface area (Å²) in [5.74, 6) is 1.84. The number of H-pyrrole nitrogens is 1. The Morgan fingerprint density at radius 2 is 1.77 bits per heavy atom. The number of aromatic amines is 1. The van der Waals surface area contributed by atoms with Crippen molar-refractivity contribution in [3.05, 3.63) is 54.4 Å². The Hall–Kier alpha value is -4.25. The van der Waals surface area contributed by atoms with E-state index in [1.807, 2.05) is 30.5 Å². The van der Waals surface area contributed by atoms with E-state index in [1.165, 1.54) is 6.20 Å². The van der Waals surface area contributed by atoms with Gasteiger partial charge in [0.05, 0.1) is 38.8 Å². The van der Waals surface area contributed by atoms with Gasteiger partial charge in [0.25, 0.3) is 0 Å². The van der Waals surface area contributed by atoms with E-state index >= 15 is 0 Å². The highest BCUT2D eigenvalue weighted by atomic mass is 16.5. The molecule has 8 nitrogen and oxygen atoms in total. The summed E-state index contributed by atoms with van der Waals surface area (Å²) in [6.45, 7) is 0. The van der Waals surface area contributed by atoms with Crippen molar-refractivity contribution in [3.63, 3.8) is 0 Å². The molecule has 0 aliphatic carbocycles. The van der Waals surface area contributed by atoms with Gasteiger partial charge in [0.15, 0.2) is 11.5 Å². The maximum Gasteiger partial charge on any atom is 0.227 e. The summed E-state index contributed by atoms with van der Waals surface area (Å²) in [7, 11) is 4.65. The van der Waals surface area contributed by atoms with Crippen molar-refractivity contribution >= 4 is 22.5 Å². The molecule has 0 aliphatic rings. The third kappa shape index (κ3) is 3.33. The fraction of sp³-hybridized carbons (Fsp3) is 0.136. The molecule has 2 heterocycles. The predicted molar refractivity (Wildman–Crippen MR) is 113 cm³/mol. The van der Waals surface area contributed by atoms with Crippen molar-refractivity contribution in [3.8, 4) is 34.6 Å². The number of ether oxygens (including phenoxy) is 3. The normalized spacial score (nSPS) is 10.5. The zero-order chi connectivity index (χ0) is 21.1. The van der Waals surface area contributed by atoms with Crippen molar-refractivity contribution in [1.29, 1.82) is 5.26 Å². The Balaban J connectivity index is 1.77. The van der Waals surface area contributed by atoms with Gasteiger partial charge in [-0.3, -0.25) is 0 Å². The number of rotatable bonds is 6. The molecule has 0 fully saturated rings. The Morgan fingerprint density at radius 1 is 1.03 bits per heavy atom. The number of para-hydroxylation sites is 1. The Kier molecular flexibility index (Phi) is 5.09. The van der Waals surface area contributed by atoms with Crippen LogP contribution in [0.4, 0.5) is 11.6 Å². The van der Waals surface area contributed by atoms with Gasteiger partial charge in [-0.05, 0) is 6.07 Å². The summed E-state index contributed by atoms with van der Waals surface area (Å²) < 4.78 is 16.1. The number of fused-ring (bicyclic) bond motifs is 1. The lowest BCUT2D eigenvalue weighted by Gasteiger charge is -2.15. The first-order chi connectivity index (χ1) is 14.7. The van der Waals surface area contributed by atoms with E-state index in [-0.39, 0.29) is 0 Å². The van der Waals surface area contributed by atoms with Crippen molar-refractivity contribution in [2.75, 3.05) is 26.6 Å². The molecule has 0 spiro atoms. The molecule has 0 saturated carbocycles. The fourth-order valence-corrected chi connectivity index (χ4v) is 3.28. The van der Waals surface area contributed by atoms with Crippen LogP contribution >= 0.6 is 0 Å². The van der Waals surface area contributed by atoms with Gasteiger partial charge < -0.3 is 24.5 Å². The number of hydrogen-bond donors (Lipinski definition) is 2. The highest BCUT2D eigenvalue weighted by Gasteiger charge is 2.16. The average molecular weight is 401 g/mol. The second-order valence-corrected chi connectivity index (χ2v) is 6.35. The first-order valence-electron chi connectivity index (χ1n) is 9.09. The van der Waals surface area contributed by atoms with Crippen molar-refractivity contribution in [1.82, 2.24) is 15.0 Å². The van der Waals surface area contributed by atoms with Gasteiger partial charge in [0.1, 0.15) is 6.07 Å². The van der Waals surface area contributed by atoms with Crippen LogP contribution in [0.1, 0.15) is 5.56 Å². The van der Waals surface area contributed by atoms with Crippen LogP contribution in [0.5, 0.6) is 17.2 Å². The Morgan fingerprint density at radius 3 is 2.43 bits per heavy atom. The average Bonchev–Trinajstić information content (AvgIpc) is 3.22. The van der Waals surface area contributed by atoms with Crippen LogP contribution in [-0.2, 0) is 0 Å². The van der Waals surface area contributed by atoms with Crippen molar-refractivity contribution < 1.29 is 14.2 Å². The van der Waals surface area contributed by atoms with E-state index < -0.39 is 0 Å². The lowest BCUT2D eigenvalue weighted by Crippen LogP contribution is -2.02. The van der Waals surface area contributed by atoms with Gasteiger partial charge in [0, 0.05) is 40.5 Å². The van der Waals surface area contributed by atoms with E-state index in [0.29, 0.717) is 40.1 Å². The van der Waals surface area contributed by atoms with Crippen LogP contribution in [0.25, 0.3) is 22.2 Å². The molecule has 2 N–H and O–H groups in total. The zero-order valence-electron chi connectivity index (χ0n) is 16.7. The molecule has 8 heteroatoms. The summed E-state index contributed by atoms with van der Waals surface area (Å²) in [6, 6.07) is 13.5. The van der Waals surface area contributed by atoms with Crippen LogP contribution < -0.4 is 19.5 Å². The summed E-state index contributed by atoms with van der Waals surface area (Å²) in [4.78, 5) is 12.1. The summed E-state index contributed by atoms with van der Waals surface area (Å²) >= 11 is 0. The SMILES string of the molecule is COc1cc(Nc2ncc(C#N)c(-c3c[nH]c4ccccc34)n2)cc(OC)c1OC. The Bertz CT molecular complexity index is 1230. The van der Waals surface area contributed by atoms with Crippen LogP contribution in [-0.4, -0.2) is 36.3 Å². The molecule has 150 valence electrons. The largest absolute Gasteiger partial charge is 0.493 e. The van der Waals surface area contributed by atoms with Crippen molar-refractivity contribution in [2.24, 2.45) is 0 Å². The van der Waals surface area contributed by atoms with Crippen LogP contribution in [0.15, 0.2) is 48.8 Å². The van der Waals surface area contributed by atoms with Gasteiger partial charge in [0.2, 0.25) is 11.7 Å². The van der Waals surface area contributed by atoms with E-state index in [9.17, 15) is 5.26 Å². The fourth-order valence-electron chi connectivity index (χ4n) is 3.28. The van der Waals surface area contributed by atoms with E-state index in [4.69, 9.17) is 14.2 Å². The van der Waals surface area contributed by atoms with Gasteiger partial charge in [-0.15, -0.1) is 0 Å². The number of methoxy groups -OCH3 is 3. The minimum atomic E-state index is 0.337. The summed E-state index contributed by atoms with van der Waals surface area (Å²) in [5, 5.41) is 13.7. The molecule has 2 aromatic carbocycles. The number of nitrogens with one attached hydrogen (secondary N) is 2. The molecule has 0 bridgehead atoms. The topological polar surface area (TPSA) is 105 Å². The van der Waals surface area contributed by atoms with E-state index in [2.05, 4.69) is 26.3 Å². The molecule has 4 aromatic rings. The minimum Gasteiger partial charge on any atom is -0.493 e. The van der Waals surface area contributed by atoms with Gasteiger partial charge in [-0.1, -0.05) is 18.2 Å². The van der Waals surface area contributed by atoms with Crippen LogP contribution in [0.3, 0.4) is 0 Å². The third-order valence-corrected chi connectivity index (χ3v) is 4.67. The first-order valence-corrected chi connectivity index (χ1v) is 9.09. The lowest BCUT2D eigenvalue weighted by molar-refractivity contribution is 0.324. The second-order valence-electron chi connectivity index (χ2n) is 6.35. The maximum absolute atomic E-state index is 9.56. The zero-order valence-corrected chi connectivity index (χ0v) is 16.7. The number of benzene rings is 2. The highest BCUT2D eigenvalue weighted by Crippen LogP contribution is 2.40. The highest BCUT2D eigenvalue weighted by molar-refractivity contribution is 5.95. The maximum atomic E-state index is 9.56. The van der Waals surface area contributed by atoms with E-state index in [1.54, 1.807) is 33.5 Å². The molecule has 0 unspecified atom stereocenters. The lowest BCUT2D eigenvalue weighted by atomic mass is 10.1. The third-order valence-electron chi connectivity index (χ3n) is 4.67. The first kappa shape index (κ1) is 19.1. The molecule has 0 radical (unpaired) electrons. The number of nitrogens with zero attached hydrogens (tertiary/aromatic N) is 3. The molecule has 2 aromatic heterocycles. The quantitative estimate of drug-likeness (QED) is 0.497. The summed E-state index contributed by atoms with van der Waals surface area (Å²) in [6.07, 6.45) is 3.35. The molecule has 0 aliphatic heterocycles. The van der Waals surface area contributed by atoms with Gasteiger partial charge in [-0.25, -0.2) is 9.97 Å². The predicted octanol–water partition coefficient (Wildman–Crippen LogP) is 4.27.